The van der Waals surface area contributed by atoms with Gasteiger partial charge in [-0.05, 0) is 17.1 Å². The van der Waals surface area contributed by atoms with Gasteiger partial charge in [0.2, 0.25) is 0 Å². The molecule has 86 valence electrons. The highest BCUT2D eigenvalue weighted by atomic mass is 16.6. The minimum atomic E-state index is -1.09. The van der Waals surface area contributed by atoms with E-state index in [9.17, 15) is 14.9 Å². The van der Waals surface area contributed by atoms with Crippen molar-refractivity contribution in [2.45, 2.75) is 0 Å². The quantitative estimate of drug-likeness (QED) is 0.623. The molecule has 0 bridgehead atoms. The number of pyridine rings is 1. The van der Waals surface area contributed by atoms with Crippen molar-refractivity contribution in [3.8, 4) is 5.82 Å². The normalized spacial score (nSPS) is 10.1. The lowest BCUT2D eigenvalue weighted by atomic mass is 10.3. The summed E-state index contributed by atoms with van der Waals surface area (Å²) in [6.07, 6.45) is 2.53. The van der Waals surface area contributed by atoms with E-state index in [2.05, 4.69) is 10.1 Å². The maximum atomic E-state index is 10.6. The lowest BCUT2D eigenvalue weighted by molar-refractivity contribution is -0.389. The molecule has 0 radical (unpaired) electrons. The van der Waals surface area contributed by atoms with E-state index < -0.39 is 10.9 Å². The maximum absolute atomic E-state index is 10.6. The van der Waals surface area contributed by atoms with Crippen molar-refractivity contribution in [2.24, 2.45) is 0 Å². The molecule has 2 aromatic rings. The molecule has 0 fully saturated rings. The molecule has 2 aromatic heterocycles. The molecule has 0 aliphatic carbocycles. The van der Waals surface area contributed by atoms with Crippen LogP contribution in [0.2, 0.25) is 0 Å². The zero-order chi connectivity index (χ0) is 12.4. The lowest BCUT2D eigenvalue weighted by Gasteiger charge is -1.96. The van der Waals surface area contributed by atoms with Gasteiger partial charge in [-0.1, -0.05) is 0 Å². The Kier molecular flexibility index (Phi) is 2.53. The molecule has 0 atom stereocenters. The van der Waals surface area contributed by atoms with Crippen LogP contribution in [-0.4, -0.2) is 30.8 Å². The van der Waals surface area contributed by atoms with E-state index in [1.807, 2.05) is 0 Å². The number of nitrogens with zero attached hydrogens (tertiary/aromatic N) is 4. The Balaban J connectivity index is 2.33. The van der Waals surface area contributed by atoms with Gasteiger partial charge >= 0.3 is 11.8 Å². The Bertz CT molecular complexity index is 575. The van der Waals surface area contributed by atoms with Crippen LogP contribution >= 0.6 is 0 Å². The van der Waals surface area contributed by atoms with Crippen molar-refractivity contribution >= 4 is 11.8 Å². The summed E-state index contributed by atoms with van der Waals surface area (Å²) in [7, 11) is 0. The van der Waals surface area contributed by atoms with Gasteiger partial charge in [-0.25, -0.2) is 9.78 Å². The lowest BCUT2D eigenvalue weighted by Crippen LogP contribution is -2.02. The number of nitro groups is 1. The summed E-state index contributed by atoms with van der Waals surface area (Å²) in [6.45, 7) is 0. The second-order valence-electron chi connectivity index (χ2n) is 3.09. The number of rotatable bonds is 3. The van der Waals surface area contributed by atoms with Gasteiger partial charge in [-0.2, -0.15) is 0 Å². The van der Waals surface area contributed by atoms with Gasteiger partial charge in [0, 0.05) is 6.20 Å². The molecule has 0 spiro atoms. The summed E-state index contributed by atoms with van der Waals surface area (Å²) >= 11 is 0. The second-order valence-corrected chi connectivity index (χ2v) is 3.09. The van der Waals surface area contributed by atoms with Gasteiger partial charge < -0.3 is 15.2 Å². The molecule has 8 nitrogen and oxygen atoms in total. The summed E-state index contributed by atoms with van der Waals surface area (Å²) in [5, 5.41) is 22.8. The van der Waals surface area contributed by atoms with Crippen LogP contribution in [0.25, 0.3) is 5.82 Å². The summed E-state index contributed by atoms with van der Waals surface area (Å²) in [5.74, 6) is -1.08. The van der Waals surface area contributed by atoms with E-state index in [1.165, 1.54) is 29.1 Å². The second kappa shape index (κ2) is 4.00. The molecule has 1 N–H and O–H groups in total. The number of hydrogen-bond acceptors (Lipinski definition) is 5. The topological polar surface area (TPSA) is 111 Å². The first-order chi connectivity index (χ1) is 8.08. The van der Waals surface area contributed by atoms with Crippen molar-refractivity contribution in [1.82, 2.24) is 14.8 Å². The highest BCUT2D eigenvalue weighted by molar-refractivity contribution is 5.87. The molecule has 0 saturated carbocycles. The van der Waals surface area contributed by atoms with Crippen molar-refractivity contribution in [2.75, 3.05) is 0 Å². The van der Waals surface area contributed by atoms with Gasteiger partial charge in [0.05, 0.1) is 22.9 Å². The molecule has 0 unspecified atom stereocenters. The number of carboxylic acids is 1. The maximum Gasteiger partial charge on any atom is 0.390 e. The van der Waals surface area contributed by atoms with Gasteiger partial charge in [-0.15, -0.1) is 4.68 Å². The van der Waals surface area contributed by atoms with E-state index in [-0.39, 0.29) is 11.4 Å². The Hall–Kier alpha value is -2.77. The number of aromatic carboxylic acids is 1. The minimum Gasteiger partial charge on any atom is -0.478 e. The third-order valence-electron chi connectivity index (χ3n) is 1.99. The molecule has 0 amide bonds. The van der Waals surface area contributed by atoms with E-state index in [0.717, 1.165) is 6.20 Å². The molecule has 2 rings (SSSR count). The first-order valence-electron chi connectivity index (χ1n) is 4.48. The first kappa shape index (κ1) is 10.7. The van der Waals surface area contributed by atoms with Crippen LogP contribution in [0.4, 0.5) is 5.82 Å². The predicted molar refractivity (Wildman–Crippen MR) is 55.0 cm³/mol. The zero-order valence-electron chi connectivity index (χ0n) is 8.35. The van der Waals surface area contributed by atoms with Gasteiger partial charge in [0.25, 0.3) is 0 Å². The van der Waals surface area contributed by atoms with Crippen LogP contribution in [0.15, 0.2) is 30.6 Å². The van der Waals surface area contributed by atoms with Crippen LogP contribution < -0.4 is 0 Å². The van der Waals surface area contributed by atoms with Crippen molar-refractivity contribution in [3.05, 3.63) is 46.3 Å². The van der Waals surface area contributed by atoms with E-state index in [1.54, 1.807) is 0 Å². The number of hydrogen-bond donors (Lipinski definition) is 1. The van der Waals surface area contributed by atoms with E-state index in [0.29, 0.717) is 5.82 Å². The molecular weight excluding hydrogens is 228 g/mol. The van der Waals surface area contributed by atoms with Gasteiger partial charge in [0.15, 0.2) is 5.82 Å². The fraction of sp³-hybridized carbons (Fsp3) is 0. The Morgan fingerprint density at radius 3 is 2.65 bits per heavy atom. The molecular formula is C9H6N4O4. The average Bonchev–Trinajstić information content (AvgIpc) is 2.78. The fourth-order valence-electron chi connectivity index (χ4n) is 1.19. The van der Waals surface area contributed by atoms with Crippen LogP contribution in [0, 0.1) is 10.1 Å². The smallest absolute Gasteiger partial charge is 0.390 e. The van der Waals surface area contributed by atoms with E-state index >= 15 is 0 Å². The molecule has 0 aliphatic heterocycles. The van der Waals surface area contributed by atoms with Gasteiger partial charge in [0.1, 0.15) is 0 Å². The van der Waals surface area contributed by atoms with E-state index in [4.69, 9.17) is 5.11 Å². The summed E-state index contributed by atoms with van der Waals surface area (Å²) in [4.78, 5) is 24.2. The molecule has 0 saturated heterocycles. The Labute approximate surface area is 94.3 Å². The number of aromatic nitrogens is 3. The zero-order valence-corrected chi connectivity index (χ0v) is 8.35. The van der Waals surface area contributed by atoms with Gasteiger partial charge in [-0.3, -0.25) is 0 Å². The number of carbonyl (C=O) groups is 1. The summed E-state index contributed by atoms with van der Waals surface area (Å²) < 4.78 is 1.20. The van der Waals surface area contributed by atoms with Crippen molar-refractivity contribution in [3.63, 3.8) is 0 Å². The molecule has 0 aromatic carbocycles. The SMILES string of the molecule is O=C(O)c1ccc(-n2ccc([N+](=O)[O-])n2)nc1. The highest BCUT2D eigenvalue weighted by Crippen LogP contribution is 2.10. The monoisotopic (exact) mass is 234 g/mol. The van der Waals surface area contributed by atoms with Crippen LogP contribution in [0.3, 0.4) is 0 Å². The Morgan fingerprint density at radius 1 is 1.41 bits per heavy atom. The first-order valence-corrected chi connectivity index (χ1v) is 4.48. The molecule has 8 heteroatoms. The molecule has 2 heterocycles. The average molecular weight is 234 g/mol. The van der Waals surface area contributed by atoms with Crippen LogP contribution in [0.5, 0.6) is 0 Å². The van der Waals surface area contributed by atoms with Crippen molar-refractivity contribution < 1.29 is 14.8 Å². The third kappa shape index (κ3) is 2.09. The third-order valence-corrected chi connectivity index (χ3v) is 1.99. The fourth-order valence-corrected chi connectivity index (χ4v) is 1.19. The summed E-state index contributed by atoms with van der Waals surface area (Å²) in [6, 6.07) is 3.99. The van der Waals surface area contributed by atoms with Crippen molar-refractivity contribution in [1.29, 1.82) is 0 Å². The Morgan fingerprint density at radius 2 is 2.18 bits per heavy atom. The molecule has 17 heavy (non-hydrogen) atoms. The van der Waals surface area contributed by atoms with Crippen LogP contribution in [-0.2, 0) is 0 Å². The number of carboxylic acid groups (broad SMARTS) is 1. The predicted octanol–water partition coefficient (Wildman–Crippen LogP) is 0.874. The molecule has 0 aliphatic rings. The largest absolute Gasteiger partial charge is 0.478 e. The van der Waals surface area contributed by atoms with Crippen LogP contribution in [0.1, 0.15) is 10.4 Å². The minimum absolute atomic E-state index is 0.0374. The highest BCUT2D eigenvalue weighted by Gasteiger charge is 2.13. The standard InChI is InChI=1S/C9H6N4O4/c14-9(15)6-1-2-7(10-5-6)12-4-3-8(11-12)13(16)17/h1-5H,(H,14,15). The summed E-state index contributed by atoms with van der Waals surface area (Å²) in [5.41, 5.74) is 0.0374.